The number of rotatable bonds is 7. The van der Waals surface area contributed by atoms with Crippen molar-refractivity contribution in [3.05, 3.63) is 24.0 Å². The van der Waals surface area contributed by atoms with Gasteiger partial charge >= 0.3 is 0 Å². The molecular formula is C26H37FN4O3. The maximum atomic E-state index is 13.7. The largest absolute Gasteiger partial charge is 0.381 e. The lowest BCUT2D eigenvalue weighted by Crippen LogP contribution is -2.47. The van der Waals surface area contributed by atoms with Gasteiger partial charge in [0.25, 0.3) is 0 Å². The lowest BCUT2D eigenvalue weighted by atomic mass is 9.83. The van der Waals surface area contributed by atoms with Crippen LogP contribution in [0.5, 0.6) is 0 Å². The SMILES string of the molecule is O=C(CC1CCOCC1)NC1CCC(CCN2CCN(c3noc4ccc(F)cc34)CC2)CC1. The Morgan fingerprint density at radius 2 is 1.79 bits per heavy atom. The fraction of sp³-hybridized carbons (Fsp3) is 0.692. The monoisotopic (exact) mass is 472 g/mol. The van der Waals surface area contributed by atoms with E-state index >= 15 is 0 Å². The third-order valence-electron chi connectivity index (χ3n) is 7.97. The molecule has 0 unspecified atom stereocenters. The second kappa shape index (κ2) is 11.0. The van der Waals surface area contributed by atoms with Crippen LogP contribution in [0.1, 0.15) is 51.4 Å². The van der Waals surface area contributed by atoms with Crippen molar-refractivity contribution in [1.82, 2.24) is 15.4 Å². The summed E-state index contributed by atoms with van der Waals surface area (Å²) in [5.74, 6) is 1.98. The summed E-state index contributed by atoms with van der Waals surface area (Å²) in [6, 6.07) is 4.92. The lowest BCUT2D eigenvalue weighted by molar-refractivity contribution is -0.123. The molecule has 5 rings (SSSR count). The molecule has 186 valence electrons. The fourth-order valence-electron chi connectivity index (χ4n) is 5.77. The zero-order valence-electron chi connectivity index (χ0n) is 20.0. The van der Waals surface area contributed by atoms with Gasteiger partial charge in [-0.3, -0.25) is 9.69 Å². The van der Waals surface area contributed by atoms with E-state index in [9.17, 15) is 9.18 Å². The minimum Gasteiger partial charge on any atom is -0.381 e. The number of ether oxygens (including phenoxy) is 1. The summed E-state index contributed by atoms with van der Waals surface area (Å²) in [6.07, 6.45) is 8.54. The van der Waals surface area contributed by atoms with Crippen molar-refractivity contribution in [1.29, 1.82) is 0 Å². The van der Waals surface area contributed by atoms with E-state index in [2.05, 4.69) is 20.3 Å². The van der Waals surface area contributed by atoms with E-state index in [0.717, 1.165) is 88.7 Å². The van der Waals surface area contributed by atoms with E-state index in [1.807, 2.05) is 0 Å². The van der Waals surface area contributed by atoms with E-state index in [1.165, 1.54) is 31.4 Å². The Labute approximate surface area is 201 Å². The first kappa shape index (κ1) is 23.5. The number of amides is 1. The van der Waals surface area contributed by atoms with Crippen molar-refractivity contribution in [2.45, 2.75) is 57.4 Å². The van der Waals surface area contributed by atoms with Gasteiger partial charge in [0.05, 0.1) is 5.39 Å². The van der Waals surface area contributed by atoms with Crippen LogP contribution in [-0.2, 0) is 9.53 Å². The van der Waals surface area contributed by atoms with Crippen molar-refractivity contribution in [3.63, 3.8) is 0 Å². The Hall–Kier alpha value is -2.19. The Morgan fingerprint density at radius 1 is 1.03 bits per heavy atom. The molecule has 3 aliphatic rings. The first-order chi connectivity index (χ1) is 16.6. The molecule has 1 amide bonds. The van der Waals surface area contributed by atoms with Gasteiger partial charge < -0.3 is 19.5 Å². The summed E-state index contributed by atoms with van der Waals surface area (Å²) in [6.45, 7) is 6.45. The summed E-state index contributed by atoms with van der Waals surface area (Å²) >= 11 is 0. The average molecular weight is 473 g/mol. The summed E-state index contributed by atoms with van der Waals surface area (Å²) < 4.78 is 24.4. The molecule has 1 saturated carbocycles. The number of nitrogens with zero attached hydrogens (tertiary/aromatic N) is 3. The van der Waals surface area contributed by atoms with Gasteiger partial charge in [-0.05, 0) is 81.5 Å². The maximum absolute atomic E-state index is 13.7. The van der Waals surface area contributed by atoms with Gasteiger partial charge in [0, 0.05) is 51.9 Å². The van der Waals surface area contributed by atoms with Crippen LogP contribution in [0.4, 0.5) is 10.2 Å². The number of fused-ring (bicyclic) bond motifs is 1. The van der Waals surface area contributed by atoms with E-state index < -0.39 is 0 Å². The Morgan fingerprint density at radius 3 is 2.56 bits per heavy atom. The second-order valence-electron chi connectivity index (χ2n) is 10.3. The molecule has 0 spiro atoms. The van der Waals surface area contributed by atoms with Crippen LogP contribution in [0.25, 0.3) is 11.0 Å². The third kappa shape index (κ3) is 5.89. The van der Waals surface area contributed by atoms with Gasteiger partial charge in [-0.1, -0.05) is 5.16 Å². The highest BCUT2D eigenvalue weighted by molar-refractivity contribution is 5.88. The average Bonchev–Trinajstić information content (AvgIpc) is 3.27. The zero-order valence-corrected chi connectivity index (χ0v) is 20.0. The molecule has 0 radical (unpaired) electrons. The van der Waals surface area contributed by atoms with Crippen molar-refractivity contribution < 1.29 is 18.4 Å². The van der Waals surface area contributed by atoms with Crippen LogP contribution in [0.15, 0.2) is 22.7 Å². The van der Waals surface area contributed by atoms with Crippen LogP contribution in [0.2, 0.25) is 0 Å². The van der Waals surface area contributed by atoms with Gasteiger partial charge in [0.2, 0.25) is 5.91 Å². The minimum absolute atomic E-state index is 0.232. The summed E-state index contributed by atoms with van der Waals surface area (Å²) in [5, 5.41) is 8.24. The number of carbonyl (C=O) groups excluding carboxylic acids is 1. The molecule has 0 bridgehead atoms. The quantitative estimate of drug-likeness (QED) is 0.658. The number of benzene rings is 1. The maximum Gasteiger partial charge on any atom is 0.220 e. The molecule has 8 heteroatoms. The third-order valence-corrected chi connectivity index (χ3v) is 7.97. The fourth-order valence-corrected chi connectivity index (χ4v) is 5.77. The van der Waals surface area contributed by atoms with Crippen molar-refractivity contribution in [3.8, 4) is 0 Å². The number of hydrogen-bond acceptors (Lipinski definition) is 6. The highest BCUT2D eigenvalue weighted by atomic mass is 19.1. The number of hydrogen-bond donors (Lipinski definition) is 1. The topological polar surface area (TPSA) is 70.8 Å². The highest BCUT2D eigenvalue weighted by Crippen LogP contribution is 2.29. The van der Waals surface area contributed by atoms with E-state index in [0.29, 0.717) is 24.0 Å². The van der Waals surface area contributed by atoms with Gasteiger partial charge in [-0.25, -0.2) is 4.39 Å². The molecule has 0 atom stereocenters. The normalized spacial score (nSPS) is 25.0. The molecule has 7 nitrogen and oxygen atoms in total. The number of aromatic nitrogens is 1. The molecule has 2 aromatic rings. The molecule has 1 aromatic carbocycles. The first-order valence-corrected chi connectivity index (χ1v) is 13.0. The van der Waals surface area contributed by atoms with Crippen LogP contribution in [-0.4, -0.2) is 67.9 Å². The van der Waals surface area contributed by atoms with Crippen LogP contribution in [0, 0.1) is 17.7 Å². The smallest absolute Gasteiger partial charge is 0.220 e. The molecule has 3 heterocycles. The number of halogens is 1. The summed E-state index contributed by atoms with van der Waals surface area (Å²) in [7, 11) is 0. The van der Waals surface area contributed by atoms with E-state index in [-0.39, 0.29) is 11.7 Å². The molecule has 3 fully saturated rings. The lowest BCUT2D eigenvalue weighted by Gasteiger charge is -2.36. The van der Waals surface area contributed by atoms with Gasteiger partial charge in [0.15, 0.2) is 11.4 Å². The predicted molar refractivity (Wildman–Crippen MR) is 129 cm³/mol. The van der Waals surface area contributed by atoms with Crippen LogP contribution < -0.4 is 10.2 Å². The van der Waals surface area contributed by atoms with Crippen LogP contribution >= 0.6 is 0 Å². The molecule has 1 aromatic heterocycles. The number of carbonyl (C=O) groups is 1. The molecule has 1 N–H and O–H groups in total. The van der Waals surface area contributed by atoms with Crippen molar-refractivity contribution >= 4 is 22.7 Å². The Kier molecular flexibility index (Phi) is 7.64. The highest BCUT2D eigenvalue weighted by Gasteiger charge is 2.26. The standard InChI is InChI=1S/C26H37FN4O3/c27-21-3-6-24-23(18-21)26(29-34-24)31-13-11-30(12-14-31)10-7-19-1-4-22(5-2-19)28-25(32)17-20-8-15-33-16-9-20/h3,6,18-20,22H,1-2,4-5,7-17H2,(H,28,32). The number of anilines is 1. The molecule has 2 saturated heterocycles. The predicted octanol–water partition coefficient (Wildman–Crippen LogP) is 3.97. The molecule has 34 heavy (non-hydrogen) atoms. The van der Waals surface area contributed by atoms with Gasteiger partial charge in [-0.15, -0.1) is 0 Å². The van der Waals surface area contributed by atoms with Gasteiger partial charge in [-0.2, -0.15) is 0 Å². The summed E-state index contributed by atoms with van der Waals surface area (Å²) in [5.41, 5.74) is 0.634. The first-order valence-electron chi connectivity index (χ1n) is 13.0. The number of nitrogens with one attached hydrogen (secondary N) is 1. The van der Waals surface area contributed by atoms with Crippen molar-refractivity contribution in [2.24, 2.45) is 11.8 Å². The number of piperazine rings is 1. The summed E-state index contributed by atoms with van der Waals surface area (Å²) in [4.78, 5) is 17.1. The van der Waals surface area contributed by atoms with Crippen molar-refractivity contribution in [2.75, 3.05) is 50.8 Å². The Balaban J connectivity index is 0.996. The Bertz CT molecular complexity index is 945. The van der Waals surface area contributed by atoms with E-state index in [4.69, 9.17) is 9.26 Å². The molecule has 2 aliphatic heterocycles. The minimum atomic E-state index is -0.260. The van der Waals surface area contributed by atoms with Crippen LogP contribution in [0.3, 0.4) is 0 Å². The molecule has 1 aliphatic carbocycles. The second-order valence-corrected chi connectivity index (χ2v) is 10.3. The zero-order chi connectivity index (χ0) is 23.3. The van der Waals surface area contributed by atoms with E-state index in [1.54, 1.807) is 6.07 Å². The molecular weight excluding hydrogens is 435 g/mol. The van der Waals surface area contributed by atoms with Gasteiger partial charge in [0.1, 0.15) is 5.82 Å².